The monoisotopic (exact) mass is 486 g/mol. The van der Waals surface area contributed by atoms with Crippen molar-refractivity contribution in [1.82, 2.24) is 0 Å². The third-order valence-electron chi connectivity index (χ3n) is 5.02. The predicted octanol–water partition coefficient (Wildman–Crippen LogP) is 6.69. The molecule has 0 spiro atoms. The van der Waals surface area contributed by atoms with E-state index in [0.717, 1.165) is 12.8 Å². The fourth-order valence-corrected chi connectivity index (χ4v) is 2.83. The van der Waals surface area contributed by atoms with Crippen molar-refractivity contribution in [2.45, 2.75) is 123 Å². The van der Waals surface area contributed by atoms with Crippen LogP contribution in [-0.4, -0.2) is 46.4 Å². The minimum Gasteiger partial charge on any atom is -0.479 e. The number of unbranched alkanes of at least 4 members (excludes halogenated alkanes) is 13. The maximum Gasteiger partial charge on any atom is 0.332 e. The summed E-state index contributed by atoms with van der Waals surface area (Å²) >= 11 is 0. The normalized spacial score (nSPS) is 10.6. The average molecular weight is 487 g/mol. The molecule has 0 aromatic rings. The Morgan fingerprint density at radius 3 is 1.24 bits per heavy atom. The van der Waals surface area contributed by atoms with E-state index in [1.165, 1.54) is 91.1 Å². The Balaban J connectivity index is -0.000000601. The highest BCUT2D eigenvalue weighted by atomic mass is 16.5. The Bertz CT molecular complexity index is 543. The summed E-state index contributed by atoms with van der Waals surface area (Å²) in [6, 6.07) is 0. The molecule has 0 bridgehead atoms. The maximum absolute atomic E-state index is 10.4. The van der Waals surface area contributed by atoms with Crippen LogP contribution in [-0.2, 0) is 19.1 Å². The van der Waals surface area contributed by atoms with E-state index in [1.54, 1.807) is 6.92 Å². The zero-order chi connectivity index (χ0) is 26.8. The SMILES string of the molecule is C=C(C)C(=O)O.C=C(C)C(=O)OC.CCCCCCCCCCCCCCCCC(O)C(=O)O. The molecular formula is C27H50O7. The minimum atomic E-state index is -1.16. The van der Waals surface area contributed by atoms with Gasteiger partial charge in [0.15, 0.2) is 6.10 Å². The molecule has 0 radical (unpaired) electrons. The Hall–Kier alpha value is -2.15. The van der Waals surface area contributed by atoms with Crippen molar-refractivity contribution in [3.05, 3.63) is 24.3 Å². The largest absolute Gasteiger partial charge is 0.479 e. The zero-order valence-electron chi connectivity index (χ0n) is 22.1. The van der Waals surface area contributed by atoms with E-state index in [9.17, 15) is 14.4 Å². The van der Waals surface area contributed by atoms with Crippen LogP contribution >= 0.6 is 0 Å². The molecule has 34 heavy (non-hydrogen) atoms. The first-order valence-electron chi connectivity index (χ1n) is 12.5. The Morgan fingerprint density at radius 1 is 0.706 bits per heavy atom. The van der Waals surface area contributed by atoms with Gasteiger partial charge in [-0.15, -0.1) is 0 Å². The third kappa shape index (κ3) is 32.0. The highest BCUT2D eigenvalue weighted by Gasteiger charge is 2.11. The van der Waals surface area contributed by atoms with Crippen LogP contribution in [0.15, 0.2) is 24.3 Å². The van der Waals surface area contributed by atoms with Crippen molar-refractivity contribution in [3.8, 4) is 0 Å². The van der Waals surface area contributed by atoms with E-state index in [0.29, 0.717) is 12.0 Å². The summed E-state index contributed by atoms with van der Waals surface area (Å²) in [5, 5.41) is 25.5. The quantitative estimate of drug-likeness (QED) is 0.112. The number of carbonyl (C=O) groups is 3. The van der Waals surface area contributed by atoms with Gasteiger partial charge in [0.05, 0.1) is 7.11 Å². The van der Waals surface area contributed by atoms with Crippen LogP contribution in [0.1, 0.15) is 117 Å². The number of aliphatic hydroxyl groups is 1. The molecule has 7 nitrogen and oxygen atoms in total. The molecule has 0 saturated carbocycles. The Kier molecular flexibility index (Phi) is 29.0. The predicted molar refractivity (Wildman–Crippen MR) is 138 cm³/mol. The first-order chi connectivity index (χ1) is 16.0. The smallest absolute Gasteiger partial charge is 0.332 e. The van der Waals surface area contributed by atoms with E-state index in [2.05, 4.69) is 24.8 Å². The van der Waals surface area contributed by atoms with E-state index in [1.807, 2.05) is 0 Å². The minimum absolute atomic E-state index is 0.176. The third-order valence-corrected chi connectivity index (χ3v) is 5.02. The topological polar surface area (TPSA) is 121 Å². The van der Waals surface area contributed by atoms with E-state index < -0.39 is 18.0 Å². The number of esters is 1. The van der Waals surface area contributed by atoms with Gasteiger partial charge in [0, 0.05) is 11.1 Å². The van der Waals surface area contributed by atoms with Crippen molar-refractivity contribution in [3.63, 3.8) is 0 Å². The number of methoxy groups -OCH3 is 1. The molecule has 0 aliphatic rings. The molecule has 200 valence electrons. The van der Waals surface area contributed by atoms with Gasteiger partial charge in [-0.05, 0) is 20.3 Å². The lowest BCUT2D eigenvalue weighted by atomic mass is 10.0. The van der Waals surface area contributed by atoms with Crippen molar-refractivity contribution in [2.75, 3.05) is 7.11 Å². The van der Waals surface area contributed by atoms with E-state index in [-0.39, 0.29) is 11.5 Å². The Labute approximate surface area is 207 Å². The number of rotatable bonds is 18. The first-order valence-corrected chi connectivity index (χ1v) is 12.5. The van der Waals surface area contributed by atoms with Gasteiger partial charge in [-0.2, -0.15) is 0 Å². The summed E-state index contributed by atoms with van der Waals surface area (Å²) in [4.78, 5) is 30.2. The first kappa shape index (κ1) is 36.4. The molecule has 0 aliphatic carbocycles. The molecule has 0 fully saturated rings. The van der Waals surface area contributed by atoms with Gasteiger partial charge < -0.3 is 20.1 Å². The number of hydrogen-bond donors (Lipinski definition) is 3. The molecule has 1 unspecified atom stereocenters. The van der Waals surface area contributed by atoms with Crippen LogP contribution < -0.4 is 0 Å². The molecule has 0 aliphatic heterocycles. The molecule has 3 N–H and O–H groups in total. The van der Waals surface area contributed by atoms with Crippen molar-refractivity contribution in [1.29, 1.82) is 0 Å². The molecule has 1 atom stereocenters. The van der Waals surface area contributed by atoms with Crippen molar-refractivity contribution >= 4 is 17.9 Å². The van der Waals surface area contributed by atoms with Gasteiger partial charge in [0.2, 0.25) is 0 Å². The van der Waals surface area contributed by atoms with Gasteiger partial charge in [-0.3, -0.25) is 0 Å². The molecule has 0 amide bonds. The van der Waals surface area contributed by atoms with Crippen LogP contribution in [0.25, 0.3) is 0 Å². The molecular weight excluding hydrogens is 436 g/mol. The van der Waals surface area contributed by atoms with Gasteiger partial charge in [-0.25, -0.2) is 14.4 Å². The second kappa shape index (κ2) is 27.1. The molecule has 0 aromatic carbocycles. The van der Waals surface area contributed by atoms with Gasteiger partial charge in [0.25, 0.3) is 0 Å². The molecule has 0 heterocycles. The molecule has 0 aromatic heterocycles. The lowest BCUT2D eigenvalue weighted by Crippen LogP contribution is -2.18. The summed E-state index contributed by atoms with van der Waals surface area (Å²) in [6.07, 6.45) is 17.3. The number of carboxylic acid groups (broad SMARTS) is 2. The lowest BCUT2D eigenvalue weighted by Gasteiger charge is -2.05. The van der Waals surface area contributed by atoms with Crippen molar-refractivity contribution in [2.24, 2.45) is 0 Å². The van der Waals surface area contributed by atoms with E-state index in [4.69, 9.17) is 15.3 Å². The zero-order valence-corrected chi connectivity index (χ0v) is 22.1. The highest BCUT2D eigenvalue weighted by molar-refractivity contribution is 5.86. The van der Waals surface area contributed by atoms with Gasteiger partial charge >= 0.3 is 17.9 Å². The number of carbonyl (C=O) groups excluding carboxylic acids is 1. The highest BCUT2D eigenvalue weighted by Crippen LogP contribution is 2.13. The molecule has 0 saturated heterocycles. The van der Waals surface area contributed by atoms with Gasteiger partial charge in [-0.1, -0.05) is 110 Å². The fraction of sp³-hybridized carbons (Fsp3) is 0.741. The summed E-state index contributed by atoms with van der Waals surface area (Å²) in [5.41, 5.74) is 0.609. The second-order valence-electron chi connectivity index (χ2n) is 8.60. The average Bonchev–Trinajstić information content (AvgIpc) is 2.79. The Morgan fingerprint density at radius 2 is 1.03 bits per heavy atom. The molecule has 0 rings (SSSR count). The lowest BCUT2D eigenvalue weighted by molar-refractivity contribution is -0.147. The summed E-state index contributed by atoms with van der Waals surface area (Å²) in [7, 11) is 1.33. The van der Waals surface area contributed by atoms with Gasteiger partial charge in [0.1, 0.15) is 0 Å². The summed E-state index contributed by atoms with van der Waals surface area (Å²) in [6.45, 7) is 11.8. The maximum atomic E-state index is 10.4. The molecule has 7 heteroatoms. The number of carboxylic acids is 2. The summed E-state index contributed by atoms with van der Waals surface area (Å²) in [5.74, 6) is -2.38. The van der Waals surface area contributed by atoms with Crippen LogP contribution in [0.4, 0.5) is 0 Å². The number of aliphatic hydroxyl groups excluding tert-OH is 1. The second-order valence-corrected chi connectivity index (χ2v) is 8.60. The van der Waals surface area contributed by atoms with Crippen LogP contribution in [0, 0.1) is 0 Å². The number of aliphatic carboxylic acids is 2. The van der Waals surface area contributed by atoms with Crippen LogP contribution in [0.2, 0.25) is 0 Å². The summed E-state index contributed by atoms with van der Waals surface area (Å²) < 4.78 is 4.27. The number of ether oxygens (including phenoxy) is 1. The number of hydrogen-bond acceptors (Lipinski definition) is 5. The van der Waals surface area contributed by atoms with Crippen LogP contribution in [0.5, 0.6) is 0 Å². The standard InChI is InChI=1S/C18H36O3.C5H8O2.C4H6O2/c1-2-3-4-5-6-7-8-9-10-11-12-13-14-15-16-17(19)18(20)21;1-4(2)5(6)7-3;1-3(2)4(5)6/h17,19H,2-16H2,1H3,(H,20,21);1H2,2-3H3;1H2,2H3,(H,5,6). The van der Waals surface area contributed by atoms with Crippen LogP contribution in [0.3, 0.4) is 0 Å². The van der Waals surface area contributed by atoms with Crippen molar-refractivity contribution < 1.29 is 34.4 Å². The fourth-order valence-electron chi connectivity index (χ4n) is 2.83. The van der Waals surface area contributed by atoms with E-state index >= 15 is 0 Å².